The lowest BCUT2D eigenvalue weighted by molar-refractivity contribution is -0.134. The van der Waals surface area contributed by atoms with Crippen LogP contribution in [0.15, 0.2) is 59.5 Å². The molecule has 1 fully saturated rings. The van der Waals surface area contributed by atoms with Gasteiger partial charge in [0, 0.05) is 54.7 Å². The van der Waals surface area contributed by atoms with E-state index >= 15 is 0 Å². The number of fused-ring (bicyclic) bond motifs is 3. The molecule has 0 N–H and O–H groups in total. The average molecular weight is 450 g/mol. The van der Waals surface area contributed by atoms with Crippen LogP contribution in [-0.4, -0.2) is 51.3 Å². The number of nitrogens with zero attached hydrogens (tertiary/aromatic N) is 5. The maximum atomic E-state index is 13.5. The van der Waals surface area contributed by atoms with Crippen LogP contribution in [0, 0.1) is 0 Å². The highest BCUT2D eigenvalue weighted by molar-refractivity contribution is 6.30. The number of halogens is 1. The van der Waals surface area contributed by atoms with Crippen LogP contribution in [0.5, 0.6) is 0 Å². The standard InChI is InChI=1S/C24H24ClN5O2/c1-16(23(31)29-12-10-28(11-13-29)18-7-5-6-17(25)14-18)30-21-9-4-3-8-19(21)20-15-26-27(2)24(32)22(20)30/h3-9,14-16H,10-13H2,1-2H3. The molecule has 1 amide bonds. The summed E-state index contributed by atoms with van der Waals surface area (Å²) in [5.41, 5.74) is 2.24. The van der Waals surface area contributed by atoms with E-state index in [9.17, 15) is 9.59 Å². The number of aromatic nitrogens is 3. The predicted octanol–water partition coefficient (Wildman–Crippen LogP) is 3.45. The van der Waals surface area contributed by atoms with Crippen LogP contribution in [0.4, 0.5) is 5.69 Å². The Hall–Kier alpha value is -3.32. The lowest BCUT2D eigenvalue weighted by Gasteiger charge is -2.37. The summed E-state index contributed by atoms with van der Waals surface area (Å²) in [7, 11) is 1.63. The van der Waals surface area contributed by atoms with Crippen molar-refractivity contribution < 1.29 is 4.79 Å². The molecular weight excluding hydrogens is 426 g/mol. The smallest absolute Gasteiger partial charge is 0.291 e. The van der Waals surface area contributed by atoms with E-state index in [1.54, 1.807) is 13.2 Å². The zero-order valence-corrected chi connectivity index (χ0v) is 18.8. The van der Waals surface area contributed by atoms with Gasteiger partial charge < -0.3 is 14.4 Å². The molecule has 0 spiro atoms. The Kier molecular flexibility index (Phi) is 5.13. The molecule has 0 saturated carbocycles. The fourth-order valence-electron chi connectivity index (χ4n) is 4.62. The Bertz CT molecular complexity index is 1380. The van der Waals surface area contributed by atoms with Crippen molar-refractivity contribution in [1.82, 2.24) is 19.2 Å². The number of aryl methyl sites for hydroxylation is 1. The number of anilines is 1. The highest BCUT2D eigenvalue weighted by atomic mass is 35.5. The van der Waals surface area contributed by atoms with Crippen molar-refractivity contribution >= 4 is 45.0 Å². The zero-order valence-electron chi connectivity index (χ0n) is 18.0. The Morgan fingerprint density at radius 3 is 2.53 bits per heavy atom. The maximum absolute atomic E-state index is 13.5. The van der Waals surface area contributed by atoms with Crippen molar-refractivity contribution in [2.24, 2.45) is 7.05 Å². The van der Waals surface area contributed by atoms with E-state index in [4.69, 9.17) is 11.6 Å². The molecule has 8 heteroatoms. The summed E-state index contributed by atoms with van der Waals surface area (Å²) in [5, 5.41) is 6.59. The number of carbonyl (C=O) groups excluding carboxylic acids is 1. The highest BCUT2D eigenvalue weighted by Crippen LogP contribution is 2.30. The third-order valence-electron chi connectivity index (χ3n) is 6.32. The lowest BCUT2D eigenvalue weighted by Crippen LogP contribution is -2.50. The molecule has 2 aromatic heterocycles. The number of piperazine rings is 1. The van der Waals surface area contributed by atoms with E-state index in [2.05, 4.69) is 10.00 Å². The number of rotatable bonds is 3. The molecule has 1 atom stereocenters. The third kappa shape index (κ3) is 3.33. The van der Waals surface area contributed by atoms with Crippen LogP contribution >= 0.6 is 11.6 Å². The molecule has 1 aliphatic rings. The van der Waals surface area contributed by atoms with Gasteiger partial charge in [-0.1, -0.05) is 35.9 Å². The molecule has 0 bridgehead atoms. The number of carbonyl (C=O) groups is 1. The number of benzene rings is 2. The van der Waals surface area contributed by atoms with E-state index in [0.29, 0.717) is 23.6 Å². The molecule has 5 rings (SSSR count). The Morgan fingerprint density at radius 2 is 1.78 bits per heavy atom. The highest BCUT2D eigenvalue weighted by Gasteiger charge is 2.29. The molecular formula is C24H24ClN5O2. The minimum Gasteiger partial charge on any atom is -0.368 e. The summed E-state index contributed by atoms with van der Waals surface area (Å²) in [6.07, 6.45) is 1.70. The zero-order chi connectivity index (χ0) is 22.4. The average Bonchev–Trinajstić information content (AvgIpc) is 3.15. The van der Waals surface area contributed by atoms with Gasteiger partial charge in [-0.25, -0.2) is 4.68 Å². The molecule has 3 heterocycles. The van der Waals surface area contributed by atoms with Crippen LogP contribution in [-0.2, 0) is 11.8 Å². The Morgan fingerprint density at radius 1 is 1.03 bits per heavy atom. The third-order valence-corrected chi connectivity index (χ3v) is 6.55. The van der Waals surface area contributed by atoms with Gasteiger partial charge in [0.15, 0.2) is 0 Å². The topological polar surface area (TPSA) is 63.4 Å². The van der Waals surface area contributed by atoms with Gasteiger partial charge >= 0.3 is 0 Å². The van der Waals surface area contributed by atoms with Gasteiger partial charge in [-0.15, -0.1) is 0 Å². The van der Waals surface area contributed by atoms with Crippen molar-refractivity contribution in [2.75, 3.05) is 31.1 Å². The minimum atomic E-state index is -0.509. The van der Waals surface area contributed by atoms with Crippen molar-refractivity contribution in [3.8, 4) is 0 Å². The molecule has 2 aromatic carbocycles. The molecule has 164 valence electrons. The number of para-hydroxylation sites is 1. The fraction of sp³-hybridized carbons (Fsp3) is 0.292. The van der Waals surface area contributed by atoms with Gasteiger partial charge in [-0.05, 0) is 31.2 Å². The molecule has 4 aromatic rings. The van der Waals surface area contributed by atoms with Crippen molar-refractivity contribution in [2.45, 2.75) is 13.0 Å². The van der Waals surface area contributed by atoms with E-state index in [1.165, 1.54) is 4.68 Å². The van der Waals surface area contributed by atoms with E-state index < -0.39 is 6.04 Å². The van der Waals surface area contributed by atoms with Crippen LogP contribution in [0.2, 0.25) is 5.02 Å². The molecule has 1 saturated heterocycles. The predicted molar refractivity (Wildman–Crippen MR) is 127 cm³/mol. The first kappa shape index (κ1) is 20.6. The normalized spacial score (nSPS) is 15.5. The second-order valence-electron chi connectivity index (χ2n) is 8.19. The van der Waals surface area contributed by atoms with E-state index in [-0.39, 0.29) is 11.5 Å². The van der Waals surface area contributed by atoms with Crippen molar-refractivity contribution in [3.05, 3.63) is 70.1 Å². The minimum absolute atomic E-state index is 0.0114. The molecule has 0 aliphatic carbocycles. The van der Waals surface area contributed by atoms with Gasteiger partial charge in [-0.3, -0.25) is 9.59 Å². The Balaban J connectivity index is 1.46. The van der Waals surface area contributed by atoms with Crippen LogP contribution in [0.1, 0.15) is 13.0 Å². The van der Waals surface area contributed by atoms with Crippen LogP contribution in [0.25, 0.3) is 21.8 Å². The van der Waals surface area contributed by atoms with Crippen molar-refractivity contribution in [3.63, 3.8) is 0 Å². The Labute approximate surface area is 190 Å². The largest absolute Gasteiger partial charge is 0.368 e. The number of hydrogen-bond acceptors (Lipinski definition) is 4. The summed E-state index contributed by atoms with van der Waals surface area (Å²) < 4.78 is 3.19. The van der Waals surface area contributed by atoms with Crippen molar-refractivity contribution in [1.29, 1.82) is 0 Å². The van der Waals surface area contributed by atoms with Gasteiger partial charge in [0.05, 0.1) is 11.7 Å². The molecule has 32 heavy (non-hydrogen) atoms. The second kappa shape index (κ2) is 7.98. The molecule has 1 unspecified atom stereocenters. The first-order chi connectivity index (χ1) is 15.5. The SMILES string of the molecule is CC(C(=O)N1CCN(c2cccc(Cl)c2)CC1)n1c2ccccc2c2cnn(C)c(=O)c21. The summed E-state index contributed by atoms with van der Waals surface area (Å²) in [5.74, 6) is 0.0114. The first-order valence-corrected chi connectivity index (χ1v) is 11.1. The monoisotopic (exact) mass is 449 g/mol. The van der Waals surface area contributed by atoms with Gasteiger partial charge in [0.2, 0.25) is 5.91 Å². The lowest BCUT2D eigenvalue weighted by atomic mass is 10.2. The first-order valence-electron chi connectivity index (χ1n) is 10.7. The number of hydrogen-bond donors (Lipinski definition) is 0. The number of amides is 1. The fourth-order valence-corrected chi connectivity index (χ4v) is 4.81. The second-order valence-corrected chi connectivity index (χ2v) is 8.63. The summed E-state index contributed by atoms with van der Waals surface area (Å²) in [4.78, 5) is 30.6. The maximum Gasteiger partial charge on any atom is 0.291 e. The van der Waals surface area contributed by atoms with Crippen LogP contribution < -0.4 is 10.5 Å². The van der Waals surface area contributed by atoms with Gasteiger partial charge in [0.1, 0.15) is 11.6 Å². The van der Waals surface area contributed by atoms with Gasteiger partial charge in [0.25, 0.3) is 5.56 Å². The summed E-state index contributed by atoms with van der Waals surface area (Å²) in [6, 6.07) is 15.1. The van der Waals surface area contributed by atoms with E-state index in [1.807, 2.05) is 64.9 Å². The molecule has 0 radical (unpaired) electrons. The quantitative estimate of drug-likeness (QED) is 0.480. The van der Waals surface area contributed by atoms with E-state index in [0.717, 1.165) is 35.1 Å². The summed E-state index contributed by atoms with van der Waals surface area (Å²) >= 11 is 6.14. The van der Waals surface area contributed by atoms with Crippen LogP contribution in [0.3, 0.4) is 0 Å². The molecule has 1 aliphatic heterocycles. The molecule has 7 nitrogen and oxygen atoms in total. The van der Waals surface area contributed by atoms with Gasteiger partial charge in [-0.2, -0.15) is 5.10 Å². The summed E-state index contributed by atoms with van der Waals surface area (Å²) in [6.45, 7) is 4.57.